The van der Waals surface area contributed by atoms with Gasteiger partial charge in [0.05, 0.1) is 5.56 Å². The quantitative estimate of drug-likeness (QED) is 0.437. The normalized spacial score (nSPS) is 11.2. The zero-order chi connectivity index (χ0) is 19.1. The third kappa shape index (κ3) is 2.84. The molecule has 0 radical (unpaired) electrons. The lowest BCUT2D eigenvalue weighted by molar-refractivity contribution is 0.102. The first-order valence-electron chi connectivity index (χ1n) is 8.89. The molecule has 0 aliphatic rings. The number of thiazole rings is 1. The largest absolute Gasteiger partial charge is 0.360 e. The van der Waals surface area contributed by atoms with E-state index in [2.05, 4.69) is 20.3 Å². The molecule has 0 saturated carbocycles. The molecule has 3 heterocycles. The summed E-state index contributed by atoms with van der Waals surface area (Å²) in [5, 5.41) is 4.84. The first-order valence-corrected chi connectivity index (χ1v) is 9.71. The van der Waals surface area contributed by atoms with Crippen molar-refractivity contribution in [3.63, 3.8) is 0 Å². The van der Waals surface area contributed by atoms with E-state index >= 15 is 0 Å². The molecule has 136 valence electrons. The lowest BCUT2D eigenvalue weighted by Crippen LogP contribution is -2.12. The van der Waals surface area contributed by atoms with Gasteiger partial charge in [-0.25, -0.2) is 9.97 Å². The number of aromatic nitrogens is 3. The van der Waals surface area contributed by atoms with E-state index in [0.717, 1.165) is 43.1 Å². The van der Waals surface area contributed by atoms with Crippen LogP contribution < -0.4 is 5.32 Å². The Kier molecular flexibility index (Phi) is 3.91. The smallest absolute Gasteiger partial charge is 0.257 e. The van der Waals surface area contributed by atoms with E-state index in [1.54, 1.807) is 23.7 Å². The number of hydrogen-bond donors (Lipinski definition) is 2. The van der Waals surface area contributed by atoms with E-state index in [1.165, 1.54) is 0 Å². The predicted molar refractivity (Wildman–Crippen MR) is 114 cm³/mol. The van der Waals surface area contributed by atoms with Crippen LogP contribution >= 0.6 is 11.3 Å². The highest BCUT2D eigenvalue weighted by Gasteiger charge is 2.14. The number of H-pyrrole nitrogens is 1. The van der Waals surface area contributed by atoms with Gasteiger partial charge in [-0.3, -0.25) is 4.79 Å². The second-order valence-electron chi connectivity index (χ2n) is 6.58. The number of nitrogens with one attached hydrogen (secondary N) is 2. The zero-order valence-electron chi connectivity index (χ0n) is 15.1. The van der Waals surface area contributed by atoms with E-state index in [1.807, 2.05) is 61.5 Å². The predicted octanol–water partition coefficient (Wildman–Crippen LogP) is 5.40. The third-order valence-electron chi connectivity index (χ3n) is 4.73. The molecule has 1 amide bonds. The van der Waals surface area contributed by atoms with Crippen LogP contribution in [0.5, 0.6) is 0 Å². The average Bonchev–Trinajstić information content (AvgIpc) is 3.33. The van der Waals surface area contributed by atoms with E-state index in [9.17, 15) is 4.79 Å². The maximum atomic E-state index is 12.9. The molecule has 2 aromatic carbocycles. The third-order valence-corrected chi connectivity index (χ3v) is 5.76. The van der Waals surface area contributed by atoms with Crippen LogP contribution in [0.4, 0.5) is 5.69 Å². The van der Waals surface area contributed by atoms with Crippen LogP contribution in [0.15, 0.2) is 67.0 Å². The molecule has 0 bridgehead atoms. The van der Waals surface area contributed by atoms with Gasteiger partial charge in [-0.1, -0.05) is 41.7 Å². The summed E-state index contributed by atoms with van der Waals surface area (Å²) in [5.41, 5.74) is 5.19. The fraction of sp³-hybridized carbons (Fsp3) is 0.0455. The van der Waals surface area contributed by atoms with Crippen LogP contribution in [-0.2, 0) is 0 Å². The van der Waals surface area contributed by atoms with Crippen LogP contribution in [0.1, 0.15) is 15.9 Å². The van der Waals surface area contributed by atoms with Crippen molar-refractivity contribution in [1.82, 2.24) is 15.0 Å². The molecule has 0 unspecified atom stereocenters. The maximum Gasteiger partial charge on any atom is 0.257 e. The number of carbonyl (C=O) groups is 1. The van der Waals surface area contributed by atoms with Gasteiger partial charge in [0.1, 0.15) is 15.4 Å². The Morgan fingerprint density at radius 3 is 2.89 bits per heavy atom. The van der Waals surface area contributed by atoms with Gasteiger partial charge in [0.15, 0.2) is 0 Å². The Bertz CT molecular complexity index is 1300. The van der Waals surface area contributed by atoms with Crippen molar-refractivity contribution in [2.24, 2.45) is 0 Å². The van der Waals surface area contributed by atoms with Gasteiger partial charge in [0.25, 0.3) is 5.91 Å². The summed E-state index contributed by atoms with van der Waals surface area (Å²) in [7, 11) is 0. The van der Waals surface area contributed by atoms with Crippen LogP contribution in [0.2, 0.25) is 0 Å². The van der Waals surface area contributed by atoms with Crippen molar-refractivity contribution in [3.8, 4) is 10.6 Å². The Morgan fingerprint density at radius 1 is 1.11 bits per heavy atom. The van der Waals surface area contributed by atoms with Gasteiger partial charge in [-0.2, -0.15) is 0 Å². The molecular formula is C22H16N4OS. The standard InChI is InChI=1S/C22H16N4OS/c1-13-8-9-14(21-26-18-7-4-10-23-22(18)28-21)11-19(13)25-20(27)16-12-24-17-6-3-2-5-15(16)17/h2-12,24H,1H3,(H,25,27). The van der Waals surface area contributed by atoms with Crippen LogP contribution in [0, 0.1) is 6.92 Å². The average molecular weight is 384 g/mol. The number of para-hydroxylation sites is 1. The van der Waals surface area contributed by atoms with Crippen LogP contribution in [0.25, 0.3) is 31.8 Å². The molecule has 5 nitrogen and oxygen atoms in total. The van der Waals surface area contributed by atoms with Crippen molar-refractivity contribution in [3.05, 3.63) is 78.1 Å². The van der Waals surface area contributed by atoms with Crippen LogP contribution in [0.3, 0.4) is 0 Å². The molecule has 5 aromatic rings. The highest BCUT2D eigenvalue weighted by atomic mass is 32.1. The molecule has 0 atom stereocenters. The van der Waals surface area contributed by atoms with E-state index in [-0.39, 0.29) is 5.91 Å². The highest BCUT2D eigenvalue weighted by molar-refractivity contribution is 7.21. The molecule has 2 N–H and O–H groups in total. The Morgan fingerprint density at radius 2 is 2.00 bits per heavy atom. The summed E-state index contributed by atoms with van der Waals surface area (Å²) in [6.07, 6.45) is 3.52. The SMILES string of the molecule is Cc1ccc(-c2nc3cccnc3s2)cc1NC(=O)c1c[nH]c2ccccc12. The van der Waals surface area contributed by atoms with E-state index in [4.69, 9.17) is 0 Å². The summed E-state index contributed by atoms with van der Waals surface area (Å²) in [6.45, 7) is 1.98. The zero-order valence-corrected chi connectivity index (χ0v) is 15.9. The van der Waals surface area contributed by atoms with Crippen LogP contribution in [-0.4, -0.2) is 20.9 Å². The molecule has 3 aromatic heterocycles. The van der Waals surface area contributed by atoms with Gasteiger partial charge in [0, 0.05) is 34.5 Å². The number of anilines is 1. The number of aromatic amines is 1. The fourth-order valence-corrected chi connectivity index (χ4v) is 4.14. The number of benzene rings is 2. The molecule has 0 aliphatic heterocycles. The number of nitrogens with zero attached hydrogens (tertiary/aromatic N) is 2. The number of fused-ring (bicyclic) bond motifs is 2. The molecule has 5 rings (SSSR count). The van der Waals surface area contributed by atoms with Crippen molar-refractivity contribution in [1.29, 1.82) is 0 Å². The topological polar surface area (TPSA) is 70.7 Å². The lowest BCUT2D eigenvalue weighted by atomic mass is 10.1. The van der Waals surface area contributed by atoms with Crippen molar-refractivity contribution < 1.29 is 4.79 Å². The molecule has 0 aliphatic carbocycles. The Balaban J connectivity index is 1.50. The van der Waals surface area contributed by atoms with E-state index in [0.29, 0.717) is 5.56 Å². The summed E-state index contributed by atoms with van der Waals surface area (Å²) in [6, 6.07) is 17.6. The number of aryl methyl sites for hydroxylation is 1. The first kappa shape index (κ1) is 16.6. The fourth-order valence-electron chi connectivity index (χ4n) is 3.23. The monoisotopic (exact) mass is 384 g/mol. The van der Waals surface area contributed by atoms with Gasteiger partial charge < -0.3 is 10.3 Å². The van der Waals surface area contributed by atoms with Crippen molar-refractivity contribution in [2.45, 2.75) is 6.92 Å². The van der Waals surface area contributed by atoms with Gasteiger partial charge in [-0.05, 0) is 36.8 Å². The van der Waals surface area contributed by atoms with E-state index < -0.39 is 0 Å². The van der Waals surface area contributed by atoms with Gasteiger partial charge >= 0.3 is 0 Å². The Labute approximate surface area is 165 Å². The van der Waals surface area contributed by atoms with Crippen molar-refractivity contribution >= 4 is 44.2 Å². The summed E-state index contributed by atoms with van der Waals surface area (Å²) in [4.78, 5) is 25.9. The molecular weight excluding hydrogens is 368 g/mol. The second kappa shape index (κ2) is 6.58. The van der Waals surface area contributed by atoms with Gasteiger partial charge in [-0.15, -0.1) is 0 Å². The molecule has 0 spiro atoms. The number of amides is 1. The Hall–Kier alpha value is -3.51. The number of rotatable bonds is 3. The highest BCUT2D eigenvalue weighted by Crippen LogP contribution is 2.31. The minimum absolute atomic E-state index is 0.135. The molecule has 28 heavy (non-hydrogen) atoms. The minimum Gasteiger partial charge on any atom is -0.360 e. The van der Waals surface area contributed by atoms with Crippen molar-refractivity contribution in [2.75, 3.05) is 5.32 Å². The molecule has 0 fully saturated rings. The summed E-state index contributed by atoms with van der Waals surface area (Å²) in [5.74, 6) is -0.135. The second-order valence-corrected chi connectivity index (χ2v) is 7.56. The lowest BCUT2D eigenvalue weighted by Gasteiger charge is -2.09. The van der Waals surface area contributed by atoms with Gasteiger partial charge in [0.2, 0.25) is 0 Å². The number of hydrogen-bond acceptors (Lipinski definition) is 4. The molecule has 6 heteroatoms. The summed E-state index contributed by atoms with van der Waals surface area (Å²) >= 11 is 1.54. The first-order chi connectivity index (χ1) is 13.7. The summed E-state index contributed by atoms with van der Waals surface area (Å²) < 4.78 is 0. The number of pyridine rings is 1. The molecule has 0 saturated heterocycles. The number of carbonyl (C=O) groups excluding carboxylic acids is 1. The maximum absolute atomic E-state index is 12.9. The minimum atomic E-state index is -0.135.